The van der Waals surface area contributed by atoms with Crippen molar-refractivity contribution in [3.8, 4) is 0 Å². The molecule has 12 nitrogen and oxygen atoms in total. The molecule has 4 N–H and O–H groups in total. The minimum atomic E-state index is -1.05. The van der Waals surface area contributed by atoms with Gasteiger partial charge < -0.3 is 30.5 Å². The highest BCUT2D eigenvalue weighted by Crippen LogP contribution is 2.39. The van der Waals surface area contributed by atoms with E-state index in [2.05, 4.69) is 5.32 Å². The highest BCUT2D eigenvalue weighted by atomic mass is 19.1. The SMILES string of the molecule is CC(C)(C)OC(=O)N[C@@H](CCCCC/C=C\C1CC1C(=O)O)C(=O)N1C[C@H](OC(=O)N2Cc3cccc(F)c3C2)CC1C(N)=O. The highest BCUT2D eigenvalue weighted by Gasteiger charge is 2.44. The number of likely N-dealkylation sites (tertiary alicyclic amines) is 1. The normalized spacial score (nSPS) is 23.0. The molecule has 5 atom stereocenters. The summed E-state index contributed by atoms with van der Waals surface area (Å²) < 4.78 is 25.2. The van der Waals surface area contributed by atoms with Crippen LogP contribution in [-0.4, -0.2) is 75.2 Å². The minimum absolute atomic E-state index is 0.00279. The monoisotopic (exact) mass is 630 g/mol. The van der Waals surface area contributed by atoms with Gasteiger partial charge in [0, 0.05) is 18.5 Å². The number of hydrogen-bond acceptors (Lipinski definition) is 7. The summed E-state index contributed by atoms with van der Waals surface area (Å²) in [5.74, 6) is -2.66. The first kappa shape index (κ1) is 33.7. The number of carbonyl (C=O) groups excluding carboxylic acids is 4. The van der Waals surface area contributed by atoms with Crippen LogP contribution in [0.5, 0.6) is 0 Å². The van der Waals surface area contributed by atoms with Crippen molar-refractivity contribution in [1.82, 2.24) is 15.1 Å². The van der Waals surface area contributed by atoms with E-state index in [1.807, 2.05) is 12.2 Å². The molecule has 2 aliphatic heterocycles. The zero-order valence-electron chi connectivity index (χ0n) is 26.0. The Balaban J connectivity index is 1.34. The van der Waals surface area contributed by atoms with Crippen molar-refractivity contribution in [2.45, 2.75) is 103 Å². The van der Waals surface area contributed by atoms with Crippen LogP contribution in [0.3, 0.4) is 0 Å². The van der Waals surface area contributed by atoms with E-state index in [1.165, 1.54) is 15.9 Å². The molecular formula is C32H43FN4O8. The van der Waals surface area contributed by atoms with E-state index in [-0.39, 0.29) is 44.3 Å². The molecule has 3 aliphatic rings. The van der Waals surface area contributed by atoms with Crippen LogP contribution in [0.4, 0.5) is 14.0 Å². The minimum Gasteiger partial charge on any atom is -0.481 e. The number of unbranched alkanes of at least 4 members (excludes halogenated alkanes) is 3. The lowest BCUT2D eigenvalue weighted by atomic mass is 10.0. The predicted octanol–water partition coefficient (Wildman–Crippen LogP) is 3.85. The molecule has 1 saturated carbocycles. The van der Waals surface area contributed by atoms with Crippen molar-refractivity contribution in [3.05, 3.63) is 47.3 Å². The van der Waals surface area contributed by atoms with Crippen molar-refractivity contribution in [2.75, 3.05) is 6.54 Å². The van der Waals surface area contributed by atoms with Crippen LogP contribution in [0.15, 0.2) is 30.4 Å². The molecule has 0 radical (unpaired) electrons. The summed E-state index contributed by atoms with van der Waals surface area (Å²) >= 11 is 0. The van der Waals surface area contributed by atoms with Crippen LogP contribution in [0.1, 0.15) is 76.8 Å². The van der Waals surface area contributed by atoms with Crippen LogP contribution in [0, 0.1) is 17.7 Å². The number of carbonyl (C=O) groups is 5. The first-order chi connectivity index (χ1) is 21.2. The van der Waals surface area contributed by atoms with Crippen LogP contribution in [0.2, 0.25) is 0 Å². The summed E-state index contributed by atoms with van der Waals surface area (Å²) in [7, 11) is 0. The average Bonchev–Trinajstić information content (AvgIpc) is 3.38. The van der Waals surface area contributed by atoms with Crippen molar-refractivity contribution in [3.63, 3.8) is 0 Å². The maximum atomic E-state index is 14.2. The maximum absolute atomic E-state index is 14.2. The second kappa shape index (κ2) is 14.3. The third kappa shape index (κ3) is 9.18. The maximum Gasteiger partial charge on any atom is 0.410 e. The summed E-state index contributed by atoms with van der Waals surface area (Å²) in [5, 5.41) is 11.7. The molecule has 13 heteroatoms. The fourth-order valence-corrected chi connectivity index (χ4v) is 5.80. The Hall–Kier alpha value is -4.16. The second-order valence-corrected chi connectivity index (χ2v) is 13.0. The van der Waals surface area contributed by atoms with Gasteiger partial charge in [-0.15, -0.1) is 0 Å². The number of aliphatic carboxylic acids is 1. The largest absolute Gasteiger partial charge is 0.481 e. The van der Waals surface area contributed by atoms with Crippen LogP contribution in [-0.2, 0) is 36.9 Å². The van der Waals surface area contributed by atoms with E-state index < -0.39 is 59.6 Å². The molecule has 1 saturated heterocycles. The summed E-state index contributed by atoms with van der Waals surface area (Å²) in [4.78, 5) is 65.3. The number of amides is 4. The molecule has 4 amide bonds. The molecule has 0 aromatic heterocycles. The predicted molar refractivity (Wildman–Crippen MR) is 160 cm³/mol. The number of fused-ring (bicyclic) bond motifs is 1. The molecule has 2 heterocycles. The zero-order chi connectivity index (χ0) is 32.9. The lowest BCUT2D eigenvalue weighted by Crippen LogP contribution is -2.53. The van der Waals surface area contributed by atoms with Crippen molar-refractivity contribution >= 4 is 30.0 Å². The molecule has 0 spiro atoms. The number of nitrogens with two attached hydrogens (primary N) is 1. The molecule has 0 bridgehead atoms. The number of allylic oxidation sites excluding steroid dienone is 2. The van der Waals surface area contributed by atoms with Gasteiger partial charge in [0.2, 0.25) is 11.8 Å². The van der Waals surface area contributed by atoms with Crippen LogP contribution < -0.4 is 11.1 Å². The van der Waals surface area contributed by atoms with Gasteiger partial charge >= 0.3 is 18.2 Å². The van der Waals surface area contributed by atoms with Gasteiger partial charge in [0.15, 0.2) is 0 Å². The number of ether oxygens (including phenoxy) is 2. The van der Waals surface area contributed by atoms with Gasteiger partial charge in [0.1, 0.15) is 29.6 Å². The zero-order valence-corrected chi connectivity index (χ0v) is 26.0. The fourth-order valence-electron chi connectivity index (χ4n) is 5.80. The van der Waals surface area contributed by atoms with Crippen molar-refractivity contribution in [2.24, 2.45) is 17.6 Å². The Morgan fingerprint density at radius 2 is 1.89 bits per heavy atom. The summed E-state index contributed by atoms with van der Waals surface area (Å²) in [6.07, 6.45) is 5.47. The highest BCUT2D eigenvalue weighted by molar-refractivity contribution is 5.91. The average molecular weight is 631 g/mol. The number of hydrogen-bond donors (Lipinski definition) is 3. The fraction of sp³-hybridized carbons (Fsp3) is 0.594. The lowest BCUT2D eigenvalue weighted by molar-refractivity contribution is -0.139. The van der Waals surface area contributed by atoms with Gasteiger partial charge in [-0.2, -0.15) is 0 Å². The Morgan fingerprint density at radius 3 is 2.53 bits per heavy atom. The van der Waals surface area contributed by atoms with Gasteiger partial charge in [-0.3, -0.25) is 19.3 Å². The molecule has 1 aromatic rings. The van der Waals surface area contributed by atoms with E-state index in [9.17, 15) is 28.4 Å². The van der Waals surface area contributed by atoms with E-state index >= 15 is 0 Å². The van der Waals surface area contributed by atoms with Gasteiger partial charge in [-0.25, -0.2) is 14.0 Å². The third-order valence-corrected chi connectivity index (χ3v) is 8.22. The van der Waals surface area contributed by atoms with Crippen molar-refractivity contribution in [1.29, 1.82) is 0 Å². The second-order valence-electron chi connectivity index (χ2n) is 13.0. The summed E-state index contributed by atoms with van der Waals surface area (Å²) in [5.41, 5.74) is 5.96. The van der Waals surface area contributed by atoms with E-state index in [4.69, 9.17) is 20.3 Å². The topological polar surface area (TPSA) is 169 Å². The Bertz CT molecular complexity index is 1330. The number of nitrogens with one attached hydrogen (secondary N) is 1. The molecule has 2 fully saturated rings. The van der Waals surface area contributed by atoms with Gasteiger partial charge in [0.25, 0.3) is 0 Å². The number of halogens is 1. The standard InChI is InChI=1S/C32H43FN4O8/c1-32(2,3)45-30(42)35-25(13-8-6-4-5-7-10-19-14-22(19)29(40)41)28(39)37-17-21(15-26(37)27(34)38)44-31(43)36-16-20-11-9-12-24(33)23(20)18-36/h7,9-12,19,21-22,25-26H,4-6,8,13-18H2,1-3H3,(H2,34,38)(H,35,42)(H,40,41)/b10-7-/t19?,21-,22?,25+,26?/m1/s1. The number of carboxylic acids is 1. The Kier molecular flexibility index (Phi) is 10.7. The molecule has 3 unspecified atom stereocenters. The summed E-state index contributed by atoms with van der Waals surface area (Å²) in [6, 6.07) is 2.59. The molecule has 45 heavy (non-hydrogen) atoms. The molecule has 1 aliphatic carbocycles. The smallest absolute Gasteiger partial charge is 0.410 e. The van der Waals surface area contributed by atoms with Crippen LogP contribution >= 0.6 is 0 Å². The van der Waals surface area contributed by atoms with Crippen LogP contribution in [0.25, 0.3) is 0 Å². The first-order valence-electron chi connectivity index (χ1n) is 15.4. The van der Waals surface area contributed by atoms with E-state index in [0.717, 1.165) is 19.3 Å². The van der Waals surface area contributed by atoms with Gasteiger partial charge in [-0.1, -0.05) is 37.1 Å². The Labute approximate surface area is 262 Å². The van der Waals surface area contributed by atoms with Crippen molar-refractivity contribution < 1.29 is 42.9 Å². The molecular weight excluding hydrogens is 587 g/mol. The van der Waals surface area contributed by atoms with Gasteiger partial charge in [-0.05, 0) is 64.0 Å². The van der Waals surface area contributed by atoms with Gasteiger partial charge in [0.05, 0.1) is 19.0 Å². The number of benzene rings is 1. The number of nitrogens with zero attached hydrogens (tertiary/aromatic N) is 2. The summed E-state index contributed by atoms with van der Waals surface area (Å²) in [6.45, 7) is 5.24. The first-order valence-corrected chi connectivity index (χ1v) is 15.4. The third-order valence-electron chi connectivity index (χ3n) is 8.22. The quantitative estimate of drug-likeness (QED) is 0.231. The lowest BCUT2D eigenvalue weighted by Gasteiger charge is -2.28. The molecule has 1 aromatic carbocycles. The van der Waals surface area contributed by atoms with E-state index in [1.54, 1.807) is 32.9 Å². The Morgan fingerprint density at radius 1 is 1.13 bits per heavy atom. The molecule has 246 valence electrons. The van der Waals surface area contributed by atoms with E-state index in [0.29, 0.717) is 24.0 Å². The number of primary amides is 1. The molecule has 4 rings (SSSR count). The number of alkyl carbamates (subject to hydrolysis) is 1. The number of rotatable bonds is 12. The number of carboxylic acid groups (broad SMARTS) is 1.